The van der Waals surface area contributed by atoms with Crippen LogP contribution < -0.4 is 16.4 Å². The van der Waals surface area contributed by atoms with Gasteiger partial charge in [0.05, 0.1) is 122 Å². The van der Waals surface area contributed by atoms with E-state index >= 15 is 0 Å². The SMILES string of the molecule is CC(C)(C)OC(=O)N1CCn2ncc(C3=CCCC3)c2C1.CC(C)(C)OC(=O)N1CCn2ncc(C3CCCC3)c2C1.CC(C)(C)OC(=O)N1CCn2ncc(I)c2C1.Nc1ccccc1.O=C(Nc1ccccc1)N1CCn2ncc(C3CCCC3)c2C1.OB(O)C1=CCCC1.c1nn2c(c1C1CCCC1)CNCC2. The van der Waals surface area contributed by atoms with Crippen molar-refractivity contribution in [2.75, 3.05) is 43.8 Å². The van der Waals surface area contributed by atoms with E-state index in [2.05, 4.69) is 85.0 Å². The number of nitrogens with one attached hydrogen (secondary N) is 2. The van der Waals surface area contributed by atoms with E-state index in [0.717, 1.165) is 116 Å². The molecule has 2 aromatic carbocycles. The third kappa shape index (κ3) is 23.8. The average molecular weight is 1640 g/mol. The maximum absolute atomic E-state index is 12.5. The largest absolute Gasteiger partial charge is 0.483 e. The lowest BCUT2D eigenvalue weighted by atomic mass is 9.79. The van der Waals surface area contributed by atoms with Crippen LogP contribution in [0.2, 0.25) is 0 Å². The summed E-state index contributed by atoms with van der Waals surface area (Å²) in [6, 6.07) is 19.1. The highest BCUT2D eigenvalue weighted by molar-refractivity contribution is 14.1. The van der Waals surface area contributed by atoms with Crippen LogP contribution in [-0.4, -0.2) is 160 Å². The predicted molar refractivity (Wildman–Crippen MR) is 440 cm³/mol. The highest BCUT2D eigenvalue weighted by Crippen LogP contribution is 2.40. The van der Waals surface area contributed by atoms with Crippen LogP contribution in [0.5, 0.6) is 0 Å². The number of allylic oxidation sites excluding steroid dienone is 4. The Bertz CT molecular complexity index is 4240. The molecule has 0 spiro atoms. The van der Waals surface area contributed by atoms with Crippen molar-refractivity contribution in [1.82, 2.24) is 73.8 Å². The van der Waals surface area contributed by atoms with Crippen molar-refractivity contribution in [3.05, 3.63) is 164 Å². The molecule has 600 valence electrons. The van der Waals surface area contributed by atoms with E-state index in [1.807, 2.05) is 168 Å². The van der Waals surface area contributed by atoms with E-state index in [-0.39, 0.29) is 24.3 Å². The molecular weight excluding hydrogens is 1520 g/mol. The quantitative estimate of drug-likeness (QED) is 0.0447. The van der Waals surface area contributed by atoms with Gasteiger partial charge in [-0.2, -0.15) is 25.5 Å². The lowest BCUT2D eigenvalue weighted by Crippen LogP contribution is -2.41. The number of anilines is 2. The van der Waals surface area contributed by atoms with Crippen molar-refractivity contribution in [2.24, 2.45) is 0 Å². The van der Waals surface area contributed by atoms with Gasteiger partial charge in [0, 0.05) is 56.2 Å². The van der Waals surface area contributed by atoms with E-state index < -0.39 is 23.9 Å². The second-order valence-corrected chi connectivity index (χ2v) is 34.5. The number of carbonyl (C=O) groups is 4. The van der Waals surface area contributed by atoms with Crippen LogP contribution in [0.15, 0.2) is 109 Å². The molecule has 17 rings (SSSR count). The van der Waals surface area contributed by atoms with E-state index in [1.54, 1.807) is 14.7 Å². The Balaban J connectivity index is 0.000000132. The highest BCUT2D eigenvalue weighted by atomic mass is 127. The molecule has 6 N–H and O–H groups in total. The number of halogens is 1. The number of urea groups is 1. The van der Waals surface area contributed by atoms with Gasteiger partial charge in [0.2, 0.25) is 0 Å². The van der Waals surface area contributed by atoms with Crippen molar-refractivity contribution in [1.29, 1.82) is 0 Å². The summed E-state index contributed by atoms with van der Waals surface area (Å²) < 4.78 is 27.7. The fourth-order valence-electron chi connectivity index (χ4n) is 15.8. The number of fused-ring (bicyclic) bond motifs is 5. The number of benzene rings is 2. The Kier molecular flexibility index (Phi) is 29.2. The third-order valence-corrected chi connectivity index (χ3v) is 22.4. The monoisotopic (exact) mass is 1640 g/mol. The Hall–Kier alpha value is -8.48. The molecule has 0 unspecified atom stereocenters. The molecule has 26 nitrogen and oxygen atoms in total. The summed E-state index contributed by atoms with van der Waals surface area (Å²) in [5.74, 6) is 2.07. The number of para-hydroxylation sites is 2. The molecule has 10 aliphatic rings. The number of aromatic nitrogens is 10. The molecule has 111 heavy (non-hydrogen) atoms. The van der Waals surface area contributed by atoms with Gasteiger partial charge in [-0.1, -0.05) is 87.1 Å². The zero-order valence-electron chi connectivity index (χ0n) is 66.9. The fourth-order valence-corrected chi connectivity index (χ4v) is 16.4. The van der Waals surface area contributed by atoms with Gasteiger partial charge in [-0.25, -0.2) is 19.2 Å². The first-order valence-corrected chi connectivity index (χ1v) is 41.5. The first-order valence-electron chi connectivity index (χ1n) is 40.4. The van der Waals surface area contributed by atoms with Gasteiger partial charge in [-0.3, -0.25) is 23.4 Å². The Morgan fingerprint density at radius 1 is 0.477 bits per heavy atom. The van der Waals surface area contributed by atoms with Gasteiger partial charge in [0.1, 0.15) is 16.8 Å². The van der Waals surface area contributed by atoms with Crippen molar-refractivity contribution in [3.8, 4) is 0 Å². The lowest BCUT2D eigenvalue weighted by Gasteiger charge is -2.31. The topological polar surface area (TPSA) is 289 Å². The minimum atomic E-state index is -1.20. The molecule has 3 fully saturated rings. The molecule has 10 heterocycles. The number of hydrogen-bond acceptors (Lipinski definition) is 16. The summed E-state index contributed by atoms with van der Waals surface area (Å²) in [6.45, 7) is 28.3. The molecule has 3 saturated carbocycles. The maximum atomic E-state index is 12.5. The number of ether oxygens (including phenoxy) is 3. The van der Waals surface area contributed by atoms with Crippen molar-refractivity contribution in [3.63, 3.8) is 0 Å². The Morgan fingerprint density at radius 3 is 1.31 bits per heavy atom. The smallest absolute Gasteiger partial charge is 0.444 e. The van der Waals surface area contributed by atoms with Gasteiger partial charge in [0.25, 0.3) is 0 Å². The summed E-state index contributed by atoms with van der Waals surface area (Å²) in [7, 11) is -1.20. The molecule has 5 aliphatic heterocycles. The number of nitrogen functional groups attached to an aromatic ring is 1. The molecule has 0 saturated heterocycles. The second-order valence-electron chi connectivity index (χ2n) is 33.3. The van der Waals surface area contributed by atoms with Crippen LogP contribution in [0.4, 0.5) is 30.6 Å². The van der Waals surface area contributed by atoms with Crippen LogP contribution in [0, 0.1) is 3.57 Å². The van der Waals surface area contributed by atoms with E-state index in [4.69, 9.17) is 30.0 Å². The van der Waals surface area contributed by atoms with E-state index in [1.165, 1.54) is 128 Å². The summed E-state index contributed by atoms with van der Waals surface area (Å²) in [5.41, 5.74) is 19.4. The minimum absolute atomic E-state index is 0.0268. The van der Waals surface area contributed by atoms with Gasteiger partial charge < -0.3 is 60.2 Å². The summed E-state index contributed by atoms with van der Waals surface area (Å²) >= 11 is 2.24. The Labute approximate surface area is 669 Å². The summed E-state index contributed by atoms with van der Waals surface area (Å²) in [5, 5.41) is 45.7. The van der Waals surface area contributed by atoms with Crippen molar-refractivity contribution < 1.29 is 43.4 Å². The standard InChI is InChI=1S/C18H22N4O.C16H25N3O2.C16H23N3O2.C11H16IN3O2.C11H17N3.C6H7N.C5H9BO2/c23-18(20-15-8-2-1-3-9-15)21-10-11-22-17(13-21)16(12-19-22)14-6-4-5-7-14;2*1-16(2,3)21-15(20)18-8-9-19-14(11-18)13(10-17-19)12-6-4-5-7-12;1-11(2,3)17-10(16)14-4-5-15-9(7-14)8(12)6-13-15;1-2-4-9(3-1)10-7-13-14-6-5-12-8-11(10)14;7-6-4-2-1-3-5-6;7-6(8)5-3-1-2-4-5/h1-3,8-9,12,14H,4-7,10-11,13H2,(H,20,23);10,12H,4-9,11H2,1-3H3;6,10H,4-5,7-9,11H2,1-3H3;6H,4-5,7H2,1-3H3;7,9,12H,1-6,8H2;1-5H,7H2;3,7-8H,1-2,4H2. The molecule has 28 heteroatoms. The molecule has 0 bridgehead atoms. The van der Waals surface area contributed by atoms with Crippen LogP contribution in [0.25, 0.3) is 5.57 Å². The number of rotatable bonds is 6. The average Bonchev–Trinajstić information content (AvgIpc) is 1.68. The van der Waals surface area contributed by atoms with Crippen LogP contribution in [-0.2, 0) is 79.7 Å². The normalized spacial score (nSPS) is 18.1. The zero-order chi connectivity index (χ0) is 78.8. The van der Waals surface area contributed by atoms with Gasteiger partial charge >= 0.3 is 31.4 Å². The number of nitrogens with two attached hydrogens (primary N) is 1. The predicted octanol–water partition coefficient (Wildman–Crippen LogP) is 15.3. The second kappa shape index (κ2) is 38.8. The van der Waals surface area contributed by atoms with E-state index in [0.29, 0.717) is 64.2 Å². The maximum Gasteiger partial charge on any atom is 0.483 e. The van der Waals surface area contributed by atoms with Gasteiger partial charge in [-0.05, 0) is 232 Å². The van der Waals surface area contributed by atoms with E-state index in [9.17, 15) is 19.2 Å². The fraction of sp³-hybridized carbons (Fsp3) is 0.578. The Morgan fingerprint density at radius 2 is 0.874 bits per heavy atom. The third-order valence-electron chi connectivity index (χ3n) is 21.5. The molecule has 5 amide bonds. The highest BCUT2D eigenvalue weighted by Gasteiger charge is 2.35. The molecule has 0 radical (unpaired) electrons. The van der Waals surface area contributed by atoms with Gasteiger partial charge in [0.15, 0.2) is 0 Å². The van der Waals surface area contributed by atoms with Crippen molar-refractivity contribution in [2.45, 2.75) is 278 Å². The first-order chi connectivity index (χ1) is 53.2. The first kappa shape index (κ1) is 83.5. The number of hydrogen-bond donors (Lipinski definition) is 5. The number of nitrogens with zero attached hydrogens (tertiary/aromatic N) is 14. The minimum Gasteiger partial charge on any atom is -0.444 e. The molecule has 5 aromatic heterocycles. The van der Waals surface area contributed by atoms with Crippen LogP contribution >= 0.6 is 22.6 Å². The number of amides is 5. The molecular formula is C83H119BIN17O9. The summed E-state index contributed by atoms with van der Waals surface area (Å²) in [6.07, 6.45) is 35.7. The van der Waals surface area contributed by atoms with Crippen molar-refractivity contribution >= 4 is 71.0 Å². The molecule has 0 atom stereocenters. The summed E-state index contributed by atoms with van der Waals surface area (Å²) in [4.78, 5) is 56.1. The van der Waals surface area contributed by atoms with Crippen LogP contribution in [0.3, 0.4) is 0 Å². The van der Waals surface area contributed by atoms with Crippen LogP contribution in [0.1, 0.15) is 246 Å². The zero-order valence-corrected chi connectivity index (χ0v) is 69.1. The van der Waals surface area contributed by atoms with Gasteiger partial charge in [-0.15, -0.1) is 0 Å². The lowest BCUT2D eigenvalue weighted by molar-refractivity contribution is 0.0183. The molecule has 5 aliphatic carbocycles. The molecule has 7 aromatic rings. The number of carbonyl (C=O) groups excluding carboxylic acids is 4.